The quantitative estimate of drug-likeness (QED) is 0.812. The molecule has 2 rings (SSSR count). The zero-order chi connectivity index (χ0) is 13.7. The molecule has 0 aliphatic heterocycles. The third-order valence-corrected chi connectivity index (χ3v) is 3.92. The van der Waals surface area contributed by atoms with Crippen molar-refractivity contribution >= 4 is 11.3 Å². The van der Waals surface area contributed by atoms with Gasteiger partial charge in [-0.05, 0) is 35.6 Å². The summed E-state index contributed by atoms with van der Waals surface area (Å²) in [5.74, 6) is -1.06. The van der Waals surface area contributed by atoms with Crippen LogP contribution in [0.4, 0.5) is 8.78 Å². The fourth-order valence-electron chi connectivity index (χ4n) is 2.08. The predicted octanol–water partition coefficient (Wildman–Crippen LogP) is 4.66. The summed E-state index contributed by atoms with van der Waals surface area (Å²) in [6.07, 6.45) is 2.07. The van der Waals surface area contributed by atoms with Crippen molar-refractivity contribution in [3.8, 4) is 0 Å². The lowest BCUT2D eigenvalue weighted by Crippen LogP contribution is -2.20. The topological polar surface area (TPSA) is 12.0 Å². The Kier molecular flexibility index (Phi) is 5.05. The van der Waals surface area contributed by atoms with Crippen LogP contribution in [0, 0.1) is 11.6 Å². The third kappa shape index (κ3) is 4.11. The van der Waals surface area contributed by atoms with Crippen LogP contribution < -0.4 is 5.32 Å². The molecule has 1 heterocycles. The molecule has 0 saturated heterocycles. The zero-order valence-electron chi connectivity index (χ0n) is 10.8. The van der Waals surface area contributed by atoms with Gasteiger partial charge >= 0.3 is 0 Å². The Morgan fingerprint density at radius 3 is 2.53 bits per heavy atom. The van der Waals surface area contributed by atoms with Crippen molar-refractivity contribution in [3.63, 3.8) is 0 Å². The molecule has 19 heavy (non-hydrogen) atoms. The average molecular weight is 281 g/mol. The van der Waals surface area contributed by atoms with Gasteiger partial charge in [0.15, 0.2) is 0 Å². The Labute approximate surface area is 116 Å². The maximum Gasteiger partial charge on any atom is 0.126 e. The first-order chi connectivity index (χ1) is 9.19. The van der Waals surface area contributed by atoms with Crippen LogP contribution >= 0.6 is 11.3 Å². The average Bonchev–Trinajstić information content (AvgIpc) is 2.87. The van der Waals surface area contributed by atoms with Crippen molar-refractivity contribution in [2.45, 2.75) is 32.4 Å². The van der Waals surface area contributed by atoms with Crippen molar-refractivity contribution in [2.24, 2.45) is 0 Å². The second-order valence-electron chi connectivity index (χ2n) is 4.52. The van der Waals surface area contributed by atoms with Crippen LogP contribution in [0.3, 0.4) is 0 Å². The standard InChI is InChI=1S/C15H17F2NS/c1-2-4-14(15-5-3-6-19-15)18-10-11-7-12(16)9-13(17)8-11/h3,5-9,14,18H,2,4,10H2,1H3. The van der Waals surface area contributed by atoms with Crippen molar-refractivity contribution in [1.29, 1.82) is 0 Å². The smallest absolute Gasteiger partial charge is 0.126 e. The number of rotatable bonds is 6. The fraction of sp³-hybridized carbons (Fsp3) is 0.333. The van der Waals surface area contributed by atoms with Gasteiger partial charge in [-0.25, -0.2) is 8.78 Å². The van der Waals surface area contributed by atoms with E-state index in [2.05, 4.69) is 18.3 Å². The second-order valence-corrected chi connectivity index (χ2v) is 5.49. The van der Waals surface area contributed by atoms with E-state index < -0.39 is 11.6 Å². The van der Waals surface area contributed by atoms with E-state index in [9.17, 15) is 8.78 Å². The Bertz CT molecular complexity index is 491. The van der Waals surface area contributed by atoms with Gasteiger partial charge in [-0.1, -0.05) is 19.4 Å². The summed E-state index contributed by atoms with van der Waals surface area (Å²) in [5.41, 5.74) is 0.634. The molecule has 1 nitrogen and oxygen atoms in total. The molecule has 0 fully saturated rings. The van der Waals surface area contributed by atoms with Crippen molar-refractivity contribution in [3.05, 3.63) is 57.8 Å². The molecule has 102 valence electrons. The SMILES string of the molecule is CCCC(NCc1cc(F)cc(F)c1)c1cccs1. The van der Waals surface area contributed by atoms with Crippen molar-refractivity contribution in [1.82, 2.24) is 5.32 Å². The van der Waals surface area contributed by atoms with Gasteiger partial charge in [0.25, 0.3) is 0 Å². The van der Waals surface area contributed by atoms with E-state index in [1.54, 1.807) is 11.3 Å². The minimum atomic E-state index is -0.528. The van der Waals surface area contributed by atoms with Gasteiger partial charge < -0.3 is 5.32 Å². The highest BCUT2D eigenvalue weighted by molar-refractivity contribution is 7.10. The van der Waals surface area contributed by atoms with Gasteiger partial charge in [-0.2, -0.15) is 0 Å². The summed E-state index contributed by atoms with van der Waals surface area (Å²) >= 11 is 1.70. The monoisotopic (exact) mass is 281 g/mol. The van der Waals surface area contributed by atoms with E-state index in [4.69, 9.17) is 0 Å². The minimum absolute atomic E-state index is 0.247. The zero-order valence-corrected chi connectivity index (χ0v) is 11.6. The highest BCUT2D eigenvalue weighted by atomic mass is 32.1. The molecule has 0 spiro atoms. The predicted molar refractivity (Wildman–Crippen MR) is 75.2 cm³/mol. The summed E-state index contributed by atoms with van der Waals surface area (Å²) in [4.78, 5) is 1.26. The van der Waals surface area contributed by atoms with Gasteiger partial charge in [0, 0.05) is 23.5 Å². The molecule has 1 N–H and O–H groups in total. The molecular weight excluding hydrogens is 264 g/mol. The van der Waals surface area contributed by atoms with Crippen LogP contribution in [0.5, 0.6) is 0 Å². The summed E-state index contributed by atoms with van der Waals surface area (Å²) in [7, 11) is 0. The van der Waals surface area contributed by atoms with Gasteiger partial charge in [-0.3, -0.25) is 0 Å². The molecule has 1 atom stereocenters. The molecule has 0 amide bonds. The van der Waals surface area contributed by atoms with E-state index in [0.717, 1.165) is 18.9 Å². The maximum atomic E-state index is 13.1. The Balaban J connectivity index is 2.02. The first-order valence-electron chi connectivity index (χ1n) is 6.40. The molecule has 4 heteroatoms. The van der Waals surface area contributed by atoms with E-state index in [1.807, 2.05) is 11.4 Å². The molecule has 1 aromatic carbocycles. The number of nitrogens with one attached hydrogen (secondary N) is 1. The molecule has 0 aliphatic rings. The van der Waals surface area contributed by atoms with E-state index in [1.165, 1.54) is 17.0 Å². The van der Waals surface area contributed by atoms with Crippen LogP contribution in [0.1, 0.15) is 36.2 Å². The van der Waals surface area contributed by atoms with Crippen molar-refractivity contribution in [2.75, 3.05) is 0 Å². The second kappa shape index (κ2) is 6.78. The lowest BCUT2D eigenvalue weighted by atomic mass is 10.1. The lowest BCUT2D eigenvalue weighted by molar-refractivity contribution is 0.496. The van der Waals surface area contributed by atoms with Crippen LogP contribution in [0.25, 0.3) is 0 Å². The van der Waals surface area contributed by atoms with Crippen molar-refractivity contribution < 1.29 is 8.78 Å². The van der Waals surface area contributed by atoms with Crippen LogP contribution in [0.2, 0.25) is 0 Å². The Hall–Kier alpha value is -1.26. The molecule has 1 aromatic heterocycles. The van der Waals surface area contributed by atoms with Crippen LogP contribution in [0.15, 0.2) is 35.7 Å². The fourth-order valence-corrected chi connectivity index (χ4v) is 2.91. The van der Waals surface area contributed by atoms with E-state index in [0.29, 0.717) is 12.1 Å². The lowest BCUT2D eigenvalue weighted by Gasteiger charge is -2.16. The maximum absolute atomic E-state index is 13.1. The Morgan fingerprint density at radius 1 is 1.21 bits per heavy atom. The molecule has 1 unspecified atom stereocenters. The molecule has 0 radical (unpaired) electrons. The molecular formula is C15H17F2NS. The summed E-state index contributed by atoms with van der Waals surface area (Å²) in [6, 6.07) is 7.99. The highest BCUT2D eigenvalue weighted by Gasteiger charge is 2.11. The van der Waals surface area contributed by atoms with Gasteiger partial charge in [0.2, 0.25) is 0 Å². The van der Waals surface area contributed by atoms with E-state index in [-0.39, 0.29) is 6.04 Å². The first-order valence-corrected chi connectivity index (χ1v) is 7.28. The third-order valence-electron chi connectivity index (χ3n) is 2.94. The summed E-state index contributed by atoms with van der Waals surface area (Å²) in [5, 5.41) is 5.41. The molecule has 2 aromatic rings. The number of benzene rings is 1. The van der Waals surface area contributed by atoms with Gasteiger partial charge in [-0.15, -0.1) is 11.3 Å². The normalized spacial score (nSPS) is 12.6. The Morgan fingerprint density at radius 2 is 1.95 bits per heavy atom. The number of halogens is 2. The van der Waals surface area contributed by atoms with Gasteiger partial charge in [0.05, 0.1) is 0 Å². The van der Waals surface area contributed by atoms with Crippen LogP contribution in [-0.2, 0) is 6.54 Å². The number of hydrogen-bond acceptors (Lipinski definition) is 2. The highest BCUT2D eigenvalue weighted by Crippen LogP contribution is 2.23. The summed E-state index contributed by atoms with van der Waals surface area (Å²) < 4.78 is 26.2. The molecule has 0 aliphatic carbocycles. The summed E-state index contributed by atoms with van der Waals surface area (Å²) in [6.45, 7) is 2.60. The minimum Gasteiger partial charge on any atom is -0.305 e. The largest absolute Gasteiger partial charge is 0.305 e. The number of hydrogen-bond donors (Lipinski definition) is 1. The number of thiophene rings is 1. The first kappa shape index (κ1) is 14.2. The molecule has 0 bridgehead atoms. The van der Waals surface area contributed by atoms with E-state index >= 15 is 0 Å². The molecule has 0 saturated carbocycles. The van der Waals surface area contributed by atoms with Gasteiger partial charge in [0.1, 0.15) is 11.6 Å². The van der Waals surface area contributed by atoms with Crippen LogP contribution in [-0.4, -0.2) is 0 Å².